The Hall–Kier alpha value is -2.47. The van der Waals surface area contributed by atoms with Crippen LogP contribution in [0, 0.1) is 0 Å². The van der Waals surface area contributed by atoms with Crippen molar-refractivity contribution in [3.8, 4) is 11.3 Å². The van der Waals surface area contributed by atoms with Gasteiger partial charge in [-0.1, -0.05) is 0 Å². The molecule has 0 bridgehead atoms. The fourth-order valence-electron chi connectivity index (χ4n) is 3.67. The number of hydrogen-bond donors (Lipinski definition) is 1. The summed E-state index contributed by atoms with van der Waals surface area (Å²) in [6.45, 7) is 5.18. The summed E-state index contributed by atoms with van der Waals surface area (Å²) in [6, 6.07) is 8.79. The van der Waals surface area contributed by atoms with Gasteiger partial charge in [0.05, 0.1) is 11.4 Å². The summed E-state index contributed by atoms with van der Waals surface area (Å²) in [4.78, 5) is 11.4. The molecule has 1 aliphatic heterocycles. The number of pyridine rings is 1. The minimum absolute atomic E-state index is 0.482. The van der Waals surface area contributed by atoms with Gasteiger partial charge in [0.15, 0.2) is 5.65 Å². The van der Waals surface area contributed by atoms with Crippen molar-refractivity contribution >= 4 is 11.5 Å². The second-order valence-corrected chi connectivity index (χ2v) is 7.12. The molecule has 3 aromatic heterocycles. The van der Waals surface area contributed by atoms with Gasteiger partial charge in [0, 0.05) is 49.6 Å². The molecule has 6 nitrogen and oxygen atoms in total. The SMILES string of the molecule is C[C@@H]1CN(c2ccc3nc(C4CC4)c(-c4ccncc4)n3n2)CCN1. The summed E-state index contributed by atoms with van der Waals surface area (Å²) in [5.74, 6) is 1.60. The van der Waals surface area contributed by atoms with Crippen LogP contribution in [-0.4, -0.2) is 45.3 Å². The summed E-state index contributed by atoms with van der Waals surface area (Å²) < 4.78 is 2.03. The van der Waals surface area contributed by atoms with E-state index in [1.165, 1.54) is 18.5 Å². The van der Waals surface area contributed by atoms with E-state index in [-0.39, 0.29) is 0 Å². The number of rotatable bonds is 3. The molecule has 6 heteroatoms. The van der Waals surface area contributed by atoms with Crippen molar-refractivity contribution in [1.82, 2.24) is 24.9 Å². The average molecular weight is 334 g/mol. The second-order valence-electron chi connectivity index (χ2n) is 7.12. The maximum atomic E-state index is 4.97. The van der Waals surface area contributed by atoms with Gasteiger partial charge in [-0.3, -0.25) is 4.98 Å². The predicted molar refractivity (Wildman–Crippen MR) is 97.9 cm³/mol. The van der Waals surface area contributed by atoms with Gasteiger partial charge in [-0.2, -0.15) is 0 Å². The van der Waals surface area contributed by atoms with Crippen LogP contribution in [0.1, 0.15) is 31.4 Å². The minimum Gasteiger partial charge on any atom is -0.352 e. The molecule has 25 heavy (non-hydrogen) atoms. The molecule has 3 aromatic rings. The van der Waals surface area contributed by atoms with Gasteiger partial charge in [0.1, 0.15) is 5.82 Å². The first-order chi connectivity index (χ1) is 12.3. The van der Waals surface area contributed by atoms with Crippen LogP contribution in [0.4, 0.5) is 5.82 Å². The van der Waals surface area contributed by atoms with Crippen LogP contribution in [0.2, 0.25) is 0 Å². The van der Waals surface area contributed by atoms with Crippen LogP contribution in [0.25, 0.3) is 16.9 Å². The molecule has 1 saturated heterocycles. The molecule has 0 aromatic carbocycles. The van der Waals surface area contributed by atoms with Crippen molar-refractivity contribution in [1.29, 1.82) is 0 Å². The van der Waals surface area contributed by atoms with Crippen molar-refractivity contribution in [3.63, 3.8) is 0 Å². The number of nitrogens with one attached hydrogen (secondary N) is 1. The number of imidazole rings is 1. The molecule has 1 aliphatic carbocycles. The summed E-state index contributed by atoms with van der Waals surface area (Å²) in [6.07, 6.45) is 6.13. The maximum absolute atomic E-state index is 4.97. The van der Waals surface area contributed by atoms with Gasteiger partial charge >= 0.3 is 0 Å². The topological polar surface area (TPSA) is 58.4 Å². The zero-order valence-electron chi connectivity index (χ0n) is 14.4. The lowest BCUT2D eigenvalue weighted by atomic mass is 10.1. The van der Waals surface area contributed by atoms with Crippen molar-refractivity contribution in [2.45, 2.75) is 31.7 Å². The quantitative estimate of drug-likeness (QED) is 0.797. The highest BCUT2D eigenvalue weighted by Crippen LogP contribution is 2.44. The van der Waals surface area contributed by atoms with E-state index >= 15 is 0 Å². The predicted octanol–water partition coefficient (Wildman–Crippen LogP) is 2.47. The molecule has 0 unspecified atom stereocenters. The molecule has 4 heterocycles. The van der Waals surface area contributed by atoms with Crippen LogP contribution in [-0.2, 0) is 0 Å². The summed E-state index contributed by atoms with van der Waals surface area (Å²) in [5.41, 5.74) is 4.39. The molecule has 2 fully saturated rings. The van der Waals surface area contributed by atoms with Gasteiger partial charge in [-0.25, -0.2) is 9.50 Å². The molecule has 5 rings (SSSR count). The molecule has 1 N–H and O–H groups in total. The van der Waals surface area contributed by atoms with Crippen LogP contribution in [0.15, 0.2) is 36.7 Å². The van der Waals surface area contributed by atoms with Crippen LogP contribution < -0.4 is 10.2 Å². The third kappa shape index (κ3) is 2.66. The van der Waals surface area contributed by atoms with Crippen LogP contribution >= 0.6 is 0 Å². The molecule has 0 radical (unpaired) electrons. The highest BCUT2D eigenvalue weighted by atomic mass is 15.3. The van der Waals surface area contributed by atoms with E-state index in [4.69, 9.17) is 10.1 Å². The third-order valence-corrected chi connectivity index (χ3v) is 5.10. The molecule has 0 amide bonds. The van der Waals surface area contributed by atoms with E-state index in [1.54, 1.807) is 0 Å². The number of hydrogen-bond acceptors (Lipinski definition) is 5. The van der Waals surface area contributed by atoms with E-state index in [2.05, 4.69) is 46.4 Å². The van der Waals surface area contributed by atoms with Crippen LogP contribution in [0.3, 0.4) is 0 Å². The average Bonchev–Trinajstić information content (AvgIpc) is 3.42. The Kier molecular flexibility index (Phi) is 3.45. The number of nitrogens with zero attached hydrogens (tertiary/aromatic N) is 5. The first-order valence-corrected chi connectivity index (χ1v) is 9.08. The van der Waals surface area contributed by atoms with Gasteiger partial charge in [-0.15, -0.1) is 5.10 Å². The molecular formula is C19H22N6. The van der Waals surface area contributed by atoms with Crippen molar-refractivity contribution in [2.24, 2.45) is 0 Å². The Morgan fingerprint density at radius 3 is 2.72 bits per heavy atom. The normalized spacial score (nSPS) is 21.0. The van der Waals surface area contributed by atoms with Crippen molar-refractivity contribution in [3.05, 3.63) is 42.4 Å². The van der Waals surface area contributed by atoms with E-state index in [0.29, 0.717) is 12.0 Å². The zero-order chi connectivity index (χ0) is 16.8. The molecule has 1 atom stereocenters. The molecular weight excluding hydrogens is 312 g/mol. The fourth-order valence-corrected chi connectivity index (χ4v) is 3.67. The number of aromatic nitrogens is 4. The Morgan fingerprint density at radius 2 is 1.96 bits per heavy atom. The minimum atomic E-state index is 0.482. The van der Waals surface area contributed by atoms with Crippen molar-refractivity contribution in [2.75, 3.05) is 24.5 Å². The fraction of sp³-hybridized carbons (Fsp3) is 0.421. The number of fused-ring (bicyclic) bond motifs is 1. The number of anilines is 1. The molecule has 1 saturated carbocycles. The van der Waals surface area contributed by atoms with E-state index in [9.17, 15) is 0 Å². The lowest BCUT2D eigenvalue weighted by Gasteiger charge is -2.32. The van der Waals surface area contributed by atoms with Gasteiger partial charge < -0.3 is 10.2 Å². The highest BCUT2D eigenvalue weighted by Gasteiger charge is 2.31. The van der Waals surface area contributed by atoms with Gasteiger partial charge in [-0.05, 0) is 44.0 Å². The second kappa shape index (κ2) is 5.81. The number of piperazine rings is 1. The third-order valence-electron chi connectivity index (χ3n) is 5.10. The standard InChI is InChI=1S/C19H22N6/c1-13-12-24(11-10-21-13)17-5-4-16-22-18(14-2-3-14)19(25(16)23-17)15-6-8-20-9-7-15/h4-9,13-14,21H,2-3,10-12H2,1H3/t13-/m1/s1. The first-order valence-electron chi connectivity index (χ1n) is 9.08. The Bertz CT molecular complexity index is 899. The zero-order valence-corrected chi connectivity index (χ0v) is 14.4. The largest absolute Gasteiger partial charge is 0.352 e. The Morgan fingerprint density at radius 1 is 1.12 bits per heavy atom. The summed E-state index contributed by atoms with van der Waals surface area (Å²) in [5, 5.41) is 8.46. The molecule has 2 aliphatic rings. The lowest BCUT2D eigenvalue weighted by Crippen LogP contribution is -2.49. The highest BCUT2D eigenvalue weighted by molar-refractivity contribution is 5.68. The lowest BCUT2D eigenvalue weighted by molar-refractivity contribution is 0.481. The first kappa shape index (κ1) is 14.8. The molecule has 128 valence electrons. The van der Waals surface area contributed by atoms with Crippen LogP contribution in [0.5, 0.6) is 0 Å². The Labute approximate surface area is 146 Å². The molecule has 0 spiro atoms. The monoisotopic (exact) mass is 334 g/mol. The Balaban J connectivity index is 1.65. The van der Waals surface area contributed by atoms with Crippen molar-refractivity contribution < 1.29 is 0 Å². The van der Waals surface area contributed by atoms with E-state index < -0.39 is 0 Å². The van der Waals surface area contributed by atoms with Gasteiger partial charge in [0.25, 0.3) is 0 Å². The summed E-state index contributed by atoms with van der Waals surface area (Å²) in [7, 11) is 0. The maximum Gasteiger partial charge on any atom is 0.154 e. The summed E-state index contributed by atoms with van der Waals surface area (Å²) >= 11 is 0. The van der Waals surface area contributed by atoms with E-state index in [1.807, 2.05) is 16.9 Å². The van der Waals surface area contributed by atoms with Gasteiger partial charge in [0.2, 0.25) is 0 Å². The smallest absolute Gasteiger partial charge is 0.154 e. The van der Waals surface area contributed by atoms with E-state index in [0.717, 1.165) is 42.4 Å².